The molecule has 4 heteroatoms. The Hall–Kier alpha value is -4.18. The zero-order valence-corrected chi connectivity index (χ0v) is 23.9. The molecule has 1 saturated carbocycles. The van der Waals surface area contributed by atoms with Crippen LogP contribution in [0.25, 0.3) is 0 Å². The zero-order valence-electron chi connectivity index (χ0n) is 23.9. The zero-order chi connectivity index (χ0) is 29.5. The Balaban J connectivity index is 2.01. The Morgan fingerprint density at radius 3 is 1.46 bits per heavy atom. The second kappa shape index (κ2) is 13.5. The summed E-state index contributed by atoms with van der Waals surface area (Å²) in [6.45, 7) is 15.3. The van der Waals surface area contributed by atoms with Crippen LogP contribution < -0.4 is 0 Å². The first kappa shape index (κ1) is 29.8. The van der Waals surface area contributed by atoms with Crippen LogP contribution in [0.15, 0.2) is 87.0 Å². The lowest BCUT2D eigenvalue weighted by atomic mass is 9.78. The van der Waals surface area contributed by atoms with Crippen molar-refractivity contribution in [1.82, 2.24) is 0 Å². The Morgan fingerprint density at radius 2 is 1.05 bits per heavy atom. The lowest BCUT2D eigenvalue weighted by Gasteiger charge is -2.27. The molecule has 0 saturated heterocycles. The van der Waals surface area contributed by atoms with Crippen molar-refractivity contribution in [3.8, 4) is 23.0 Å². The second-order valence-electron chi connectivity index (χ2n) is 11.0. The van der Waals surface area contributed by atoms with Crippen molar-refractivity contribution in [3.63, 3.8) is 0 Å². The molecule has 1 aliphatic rings. The number of phenols is 4. The molecule has 4 nitrogen and oxygen atoms in total. The molecule has 0 radical (unpaired) electrons. The predicted octanol–water partition coefficient (Wildman–Crippen LogP) is 8.65. The number of allylic oxidation sites excluding steroid dienone is 4. The van der Waals surface area contributed by atoms with Crippen molar-refractivity contribution in [3.05, 3.63) is 132 Å². The largest absolute Gasteiger partial charge is 0.507 e. The minimum atomic E-state index is -0.587. The van der Waals surface area contributed by atoms with E-state index in [1.165, 1.54) is 37.7 Å². The van der Waals surface area contributed by atoms with Crippen LogP contribution in [0.2, 0.25) is 0 Å². The van der Waals surface area contributed by atoms with Gasteiger partial charge in [-0.05, 0) is 78.8 Å². The summed E-state index contributed by atoms with van der Waals surface area (Å²) in [4.78, 5) is 0. The van der Waals surface area contributed by atoms with E-state index in [4.69, 9.17) is 0 Å². The molecule has 41 heavy (non-hydrogen) atoms. The van der Waals surface area contributed by atoms with Gasteiger partial charge in [-0.25, -0.2) is 0 Å². The highest BCUT2D eigenvalue weighted by Gasteiger charge is 2.30. The van der Waals surface area contributed by atoms with Crippen LogP contribution in [0.1, 0.15) is 88.4 Å². The summed E-state index contributed by atoms with van der Waals surface area (Å²) in [5.74, 6) is -0.0913. The number of hydrogen-bond donors (Lipinski definition) is 4. The third-order valence-electron chi connectivity index (χ3n) is 8.35. The number of benzene rings is 3. The Bertz CT molecular complexity index is 1350. The Labute approximate surface area is 244 Å². The molecule has 214 valence electrons. The van der Waals surface area contributed by atoms with Crippen LogP contribution in [0.3, 0.4) is 0 Å². The quantitative estimate of drug-likeness (QED) is 0.134. The molecule has 0 spiro atoms. The van der Waals surface area contributed by atoms with Crippen molar-refractivity contribution < 1.29 is 20.4 Å². The van der Waals surface area contributed by atoms with Crippen LogP contribution >= 0.6 is 0 Å². The molecule has 0 unspecified atom stereocenters. The summed E-state index contributed by atoms with van der Waals surface area (Å²) in [6.07, 6.45) is 14.2. The van der Waals surface area contributed by atoms with Gasteiger partial charge in [0, 0.05) is 28.2 Å². The third-order valence-corrected chi connectivity index (χ3v) is 8.35. The molecule has 4 N–H and O–H groups in total. The van der Waals surface area contributed by atoms with E-state index in [9.17, 15) is 20.4 Å². The lowest BCUT2D eigenvalue weighted by Crippen LogP contribution is -2.10. The summed E-state index contributed by atoms with van der Waals surface area (Å²) in [7, 11) is 0. The number of rotatable bonds is 12. The van der Waals surface area contributed by atoms with E-state index in [-0.39, 0.29) is 35.8 Å². The maximum absolute atomic E-state index is 11.6. The fraction of sp³-hybridized carbons (Fsp3) is 0.297. The van der Waals surface area contributed by atoms with Crippen LogP contribution in [0.5, 0.6) is 23.0 Å². The molecule has 0 atom stereocenters. The molecule has 0 aromatic heterocycles. The van der Waals surface area contributed by atoms with E-state index >= 15 is 0 Å². The van der Waals surface area contributed by atoms with Crippen LogP contribution in [-0.2, 0) is 25.7 Å². The summed E-state index contributed by atoms with van der Waals surface area (Å²) < 4.78 is 0. The Kier molecular flexibility index (Phi) is 9.78. The highest BCUT2D eigenvalue weighted by atomic mass is 16.3. The van der Waals surface area contributed by atoms with Crippen molar-refractivity contribution >= 4 is 0 Å². The monoisotopic (exact) mass is 550 g/mol. The van der Waals surface area contributed by atoms with Gasteiger partial charge in [0.05, 0.1) is 0 Å². The van der Waals surface area contributed by atoms with Gasteiger partial charge in [0.25, 0.3) is 0 Å². The SMILES string of the molecule is C=CCc1cc(C(c2ccc(C3CCCCC3)cc2)c2cc(CC=C)c(O)c(CC=C)c2O)c(O)c(CC=C)c1O. The highest BCUT2D eigenvalue weighted by molar-refractivity contribution is 5.64. The summed E-state index contributed by atoms with van der Waals surface area (Å²) in [6, 6.07) is 12.1. The van der Waals surface area contributed by atoms with Gasteiger partial charge in [-0.2, -0.15) is 0 Å². The molecular formula is C37H42O4. The van der Waals surface area contributed by atoms with Crippen LogP contribution in [-0.4, -0.2) is 20.4 Å². The topological polar surface area (TPSA) is 80.9 Å². The van der Waals surface area contributed by atoms with Gasteiger partial charge in [0.15, 0.2) is 0 Å². The fourth-order valence-electron chi connectivity index (χ4n) is 6.27. The third kappa shape index (κ3) is 6.12. The number of hydrogen-bond acceptors (Lipinski definition) is 4. The minimum absolute atomic E-state index is 0.0204. The molecule has 3 aromatic carbocycles. The summed E-state index contributed by atoms with van der Waals surface area (Å²) in [5, 5.41) is 45.3. The average molecular weight is 551 g/mol. The van der Waals surface area contributed by atoms with E-state index < -0.39 is 5.92 Å². The smallest absolute Gasteiger partial charge is 0.126 e. The van der Waals surface area contributed by atoms with E-state index in [0.717, 1.165) is 5.56 Å². The van der Waals surface area contributed by atoms with E-state index in [2.05, 4.69) is 50.6 Å². The highest BCUT2D eigenvalue weighted by Crippen LogP contribution is 2.48. The van der Waals surface area contributed by atoms with Gasteiger partial charge in [-0.1, -0.05) is 67.8 Å². The minimum Gasteiger partial charge on any atom is -0.507 e. The van der Waals surface area contributed by atoms with Crippen LogP contribution in [0.4, 0.5) is 0 Å². The lowest BCUT2D eigenvalue weighted by molar-refractivity contribution is 0.427. The van der Waals surface area contributed by atoms with Crippen molar-refractivity contribution in [1.29, 1.82) is 0 Å². The first-order valence-corrected chi connectivity index (χ1v) is 14.5. The maximum atomic E-state index is 11.6. The molecule has 4 rings (SSSR count). The summed E-state index contributed by atoms with van der Waals surface area (Å²) in [5.41, 5.74) is 5.32. The van der Waals surface area contributed by atoms with Gasteiger partial charge in [-0.15, -0.1) is 26.3 Å². The van der Waals surface area contributed by atoms with Gasteiger partial charge in [0.1, 0.15) is 23.0 Å². The normalized spacial score (nSPS) is 13.7. The van der Waals surface area contributed by atoms with Crippen molar-refractivity contribution in [2.24, 2.45) is 0 Å². The predicted molar refractivity (Wildman–Crippen MR) is 168 cm³/mol. The van der Waals surface area contributed by atoms with Gasteiger partial charge >= 0.3 is 0 Å². The van der Waals surface area contributed by atoms with E-state index in [0.29, 0.717) is 52.1 Å². The fourth-order valence-corrected chi connectivity index (χ4v) is 6.27. The average Bonchev–Trinajstić information content (AvgIpc) is 2.99. The standard InChI is InChI=1S/C37H42O4/c1-5-12-27-22-31(36(40)29(14-7-3)34(27)38)33(26-20-18-25(19-21-26)24-16-10-9-11-17-24)32-23-28(13-6-2)35(39)30(15-8-4)37(32)41/h5-8,18-24,33,38-41H,1-4,9-17H2. The molecule has 1 fully saturated rings. The molecule has 0 bridgehead atoms. The Morgan fingerprint density at radius 1 is 0.610 bits per heavy atom. The molecule has 0 heterocycles. The molecule has 3 aromatic rings. The second-order valence-corrected chi connectivity index (χ2v) is 11.0. The van der Waals surface area contributed by atoms with Crippen molar-refractivity contribution in [2.75, 3.05) is 0 Å². The molecular weight excluding hydrogens is 508 g/mol. The van der Waals surface area contributed by atoms with Crippen LogP contribution in [0, 0.1) is 0 Å². The van der Waals surface area contributed by atoms with Gasteiger partial charge in [0.2, 0.25) is 0 Å². The van der Waals surface area contributed by atoms with E-state index in [1.807, 2.05) is 0 Å². The number of aromatic hydroxyl groups is 4. The number of phenolic OH excluding ortho intramolecular Hbond substituents is 4. The van der Waals surface area contributed by atoms with E-state index in [1.54, 1.807) is 36.4 Å². The van der Waals surface area contributed by atoms with Crippen molar-refractivity contribution in [2.45, 2.75) is 69.6 Å². The summed E-state index contributed by atoms with van der Waals surface area (Å²) >= 11 is 0. The molecule has 1 aliphatic carbocycles. The first-order valence-electron chi connectivity index (χ1n) is 14.5. The van der Waals surface area contributed by atoms with Gasteiger partial charge < -0.3 is 20.4 Å². The molecule has 0 amide bonds. The van der Waals surface area contributed by atoms with Gasteiger partial charge in [-0.3, -0.25) is 0 Å². The maximum Gasteiger partial charge on any atom is 0.126 e. The molecule has 0 aliphatic heterocycles. The first-order chi connectivity index (χ1) is 19.9.